The third-order valence-corrected chi connectivity index (χ3v) is 3.82. The Hall–Kier alpha value is -2.60. The van der Waals surface area contributed by atoms with Gasteiger partial charge in [-0.15, -0.1) is 0 Å². The molecule has 0 spiro atoms. The third-order valence-electron chi connectivity index (χ3n) is 3.82. The van der Waals surface area contributed by atoms with Gasteiger partial charge in [0.25, 0.3) is 0 Å². The van der Waals surface area contributed by atoms with Crippen molar-refractivity contribution in [3.8, 4) is 17.0 Å². The van der Waals surface area contributed by atoms with Gasteiger partial charge in [-0.2, -0.15) is 0 Å². The number of hydrogen-bond donors (Lipinski definition) is 0. The standard InChI is InChI=1S/C19H22FN3O2/c1-22(2)16-5-3-15(4-6-16)18-14-23-13-17(7-8-19(23)21-18)25-12-11-24-10-9-20/h3-8,13-14H,9-12H2,1-2H3. The number of ether oxygens (including phenoxy) is 2. The first-order valence-electron chi connectivity index (χ1n) is 8.20. The molecule has 0 aliphatic carbocycles. The van der Waals surface area contributed by atoms with Crippen LogP contribution in [-0.4, -0.2) is 50.0 Å². The molecule has 3 aromatic rings. The van der Waals surface area contributed by atoms with Gasteiger partial charge in [-0.1, -0.05) is 12.1 Å². The molecule has 0 aliphatic rings. The zero-order valence-electron chi connectivity index (χ0n) is 14.5. The molecular weight excluding hydrogens is 321 g/mol. The van der Waals surface area contributed by atoms with E-state index in [4.69, 9.17) is 9.47 Å². The predicted molar refractivity (Wildman–Crippen MR) is 97.2 cm³/mol. The number of nitrogens with zero attached hydrogens (tertiary/aromatic N) is 3. The first-order valence-corrected chi connectivity index (χ1v) is 8.20. The SMILES string of the molecule is CN(C)c1ccc(-c2cn3cc(OCCOCCF)ccc3n2)cc1. The topological polar surface area (TPSA) is 39.0 Å². The van der Waals surface area contributed by atoms with Crippen LogP contribution in [0.3, 0.4) is 0 Å². The minimum Gasteiger partial charge on any atom is -0.490 e. The highest BCUT2D eigenvalue weighted by molar-refractivity contribution is 5.65. The van der Waals surface area contributed by atoms with Gasteiger partial charge in [0.2, 0.25) is 0 Å². The number of fused-ring (bicyclic) bond motifs is 1. The lowest BCUT2D eigenvalue weighted by Gasteiger charge is -2.12. The van der Waals surface area contributed by atoms with Crippen LogP contribution in [0, 0.1) is 0 Å². The molecule has 0 atom stereocenters. The summed E-state index contributed by atoms with van der Waals surface area (Å²) < 4.78 is 24.6. The second kappa shape index (κ2) is 7.98. The molecule has 6 heteroatoms. The van der Waals surface area contributed by atoms with E-state index >= 15 is 0 Å². The van der Waals surface area contributed by atoms with Crippen molar-refractivity contribution in [2.75, 3.05) is 45.5 Å². The van der Waals surface area contributed by atoms with Gasteiger partial charge in [-0.3, -0.25) is 0 Å². The molecule has 132 valence electrons. The molecule has 0 N–H and O–H groups in total. The number of alkyl halides is 1. The fraction of sp³-hybridized carbons (Fsp3) is 0.316. The molecule has 0 fully saturated rings. The van der Waals surface area contributed by atoms with Crippen LogP contribution >= 0.6 is 0 Å². The molecule has 0 saturated heterocycles. The number of imidazole rings is 1. The summed E-state index contributed by atoms with van der Waals surface area (Å²) in [6.45, 7) is 0.396. The van der Waals surface area contributed by atoms with Gasteiger partial charge >= 0.3 is 0 Å². The van der Waals surface area contributed by atoms with E-state index in [2.05, 4.69) is 34.1 Å². The second-order valence-corrected chi connectivity index (χ2v) is 5.85. The van der Waals surface area contributed by atoms with Gasteiger partial charge < -0.3 is 18.8 Å². The smallest absolute Gasteiger partial charge is 0.137 e. The van der Waals surface area contributed by atoms with Crippen LogP contribution < -0.4 is 9.64 Å². The lowest BCUT2D eigenvalue weighted by Crippen LogP contribution is -2.08. The van der Waals surface area contributed by atoms with Crippen LogP contribution in [0.2, 0.25) is 0 Å². The number of hydrogen-bond acceptors (Lipinski definition) is 4. The van der Waals surface area contributed by atoms with E-state index < -0.39 is 6.67 Å². The summed E-state index contributed by atoms with van der Waals surface area (Å²) in [5, 5.41) is 0. The summed E-state index contributed by atoms with van der Waals surface area (Å²) in [4.78, 5) is 6.71. The molecule has 0 unspecified atom stereocenters. The maximum absolute atomic E-state index is 11.9. The van der Waals surface area contributed by atoms with Gasteiger partial charge in [-0.25, -0.2) is 9.37 Å². The lowest BCUT2D eigenvalue weighted by atomic mass is 10.1. The molecule has 1 aromatic carbocycles. The van der Waals surface area contributed by atoms with Crippen molar-refractivity contribution >= 4 is 11.3 Å². The number of halogens is 1. The predicted octanol–water partition coefficient (Wildman–Crippen LogP) is 3.43. The van der Waals surface area contributed by atoms with Gasteiger partial charge in [0, 0.05) is 31.5 Å². The normalized spacial score (nSPS) is 11.0. The van der Waals surface area contributed by atoms with Crippen LogP contribution in [0.1, 0.15) is 0 Å². The number of rotatable bonds is 8. The summed E-state index contributed by atoms with van der Waals surface area (Å²) in [6, 6.07) is 12.1. The minimum absolute atomic E-state index is 0.111. The fourth-order valence-corrected chi connectivity index (χ4v) is 2.50. The summed E-state index contributed by atoms with van der Waals surface area (Å²) >= 11 is 0. The summed E-state index contributed by atoms with van der Waals surface area (Å²) in [7, 11) is 4.04. The van der Waals surface area contributed by atoms with Crippen molar-refractivity contribution in [3.05, 3.63) is 48.8 Å². The molecular formula is C19H22FN3O2. The van der Waals surface area contributed by atoms with Gasteiger partial charge in [0.1, 0.15) is 24.7 Å². The van der Waals surface area contributed by atoms with E-state index in [-0.39, 0.29) is 6.61 Å². The third kappa shape index (κ3) is 4.28. The van der Waals surface area contributed by atoms with Crippen molar-refractivity contribution in [3.63, 3.8) is 0 Å². The van der Waals surface area contributed by atoms with Crippen LogP contribution in [-0.2, 0) is 4.74 Å². The lowest BCUT2D eigenvalue weighted by molar-refractivity contribution is 0.0896. The number of aromatic nitrogens is 2. The number of benzene rings is 1. The minimum atomic E-state index is -0.473. The van der Waals surface area contributed by atoms with Crippen LogP contribution in [0.25, 0.3) is 16.9 Å². The van der Waals surface area contributed by atoms with E-state index in [1.807, 2.05) is 43.0 Å². The Morgan fingerprint density at radius 3 is 2.52 bits per heavy atom. The Bertz CT molecular complexity index is 815. The Kier molecular flexibility index (Phi) is 5.50. The number of anilines is 1. The van der Waals surface area contributed by atoms with E-state index in [1.165, 1.54) is 0 Å². The van der Waals surface area contributed by atoms with Gasteiger partial charge in [0.05, 0.1) is 25.1 Å². The van der Waals surface area contributed by atoms with Crippen LogP contribution in [0.15, 0.2) is 48.8 Å². The fourth-order valence-electron chi connectivity index (χ4n) is 2.50. The van der Waals surface area contributed by atoms with Crippen LogP contribution in [0.5, 0.6) is 5.75 Å². The van der Waals surface area contributed by atoms with E-state index in [9.17, 15) is 4.39 Å². The Morgan fingerprint density at radius 2 is 1.80 bits per heavy atom. The Balaban J connectivity index is 1.71. The van der Waals surface area contributed by atoms with Gasteiger partial charge in [0.15, 0.2) is 0 Å². The average molecular weight is 343 g/mol. The molecule has 0 aliphatic heterocycles. The molecule has 0 amide bonds. The van der Waals surface area contributed by atoms with Crippen molar-refractivity contribution in [1.29, 1.82) is 0 Å². The van der Waals surface area contributed by atoms with Crippen LogP contribution in [0.4, 0.5) is 10.1 Å². The van der Waals surface area contributed by atoms with E-state index in [0.29, 0.717) is 13.2 Å². The molecule has 2 heterocycles. The zero-order valence-corrected chi connectivity index (χ0v) is 14.5. The summed E-state index contributed by atoms with van der Waals surface area (Å²) in [5.41, 5.74) is 3.98. The molecule has 25 heavy (non-hydrogen) atoms. The quantitative estimate of drug-likeness (QED) is 0.588. The Morgan fingerprint density at radius 1 is 1.00 bits per heavy atom. The molecule has 0 saturated carbocycles. The van der Waals surface area contributed by atoms with E-state index in [1.54, 1.807) is 0 Å². The zero-order chi connectivity index (χ0) is 17.6. The molecule has 0 radical (unpaired) electrons. The maximum atomic E-state index is 11.9. The highest BCUT2D eigenvalue weighted by atomic mass is 19.1. The average Bonchev–Trinajstić information content (AvgIpc) is 3.05. The number of pyridine rings is 1. The Labute approximate surface area is 146 Å². The molecule has 3 rings (SSSR count). The highest BCUT2D eigenvalue weighted by Gasteiger charge is 2.06. The largest absolute Gasteiger partial charge is 0.490 e. The first kappa shape index (κ1) is 17.2. The molecule has 0 bridgehead atoms. The van der Waals surface area contributed by atoms with Gasteiger partial charge in [-0.05, 0) is 24.3 Å². The summed E-state index contributed by atoms with van der Waals surface area (Å²) in [6.07, 6.45) is 3.86. The highest BCUT2D eigenvalue weighted by Crippen LogP contribution is 2.23. The molecule has 5 nitrogen and oxygen atoms in total. The van der Waals surface area contributed by atoms with Crippen molar-refractivity contribution in [2.45, 2.75) is 0 Å². The first-order chi connectivity index (χ1) is 12.2. The summed E-state index contributed by atoms with van der Waals surface area (Å²) in [5.74, 6) is 0.725. The second-order valence-electron chi connectivity index (χ2n) is 5.85. The van der Waals surface area contributed by atoms with Crippen molar-refractivity contribution in [2.24, 2.45) is 0 Å². The van der Waals surface area contributed by atoms with Crippen molar-refractivity contribution in [1.82, 2.24) is 9.38 Å². The van der Waals surface area contributed by atoms with Crippen molar-refractivity contribution < 1.29 is 13.9 Å². The maximum Gasteiger partial charge on any atom is 0.137 e. The van der Waals surface area contributed by atoms with E-state index in [0.717, 1.165) is 28.3 Å². The molecule has 2 aromatic heterocycles. The monoisotopic (exact) mass is 343 g/mol.